The number of rotatable bonds is 7. The highest BCUT2D eigenvalue weighted by Gasteiger charge is 2.20. The number of carbonyl (C=O) groups is 1. The molecule has 0 bridgehead atoms. The van der Waals surface area contributed by atoms with Crippen LogP contribution in [-0.2, 0) is 11.2 Å². The van der Waals surface area contributed by atoms with Crippen LogP contribution in [-0.4, -0.2) is 49.2 Å². The first-order valence-corrected chi connectivity index (χ1v) is 11.0. The van der Waals surface area contributed by atoms with Gasteiger partial charge in [-0.15, -0.1) is 24.2 Å². The Labute approximate surface area is 185 Å². The van der Waals surface area contributed by atoms with Gasteiger partial charge in [0.1, 0.15) is 0 Å². The standard InChI is InChI=1S/C20H22ClN3OS2.ClH/c1-23(2)10-11-24(19(25)12-14-4-6-15(21)7-5-14)20-22-17-9-8-16(26-3)13-18(17)27-20;/h4-9,13H,10-12H2,1-3H3;1H. The highest BCUT2D eigenvalue weighted by molar-refractivity contribution is 7.98. The summed E-state index contributed by atoms with van der Waals surface area (Å²) in [5.74, 6) is 0.0447. The fourth-order valence-electron chi connectivity index (χ4n) is 2.63. The van der Waals surface area contributed by atoms with Crippen LogP contribution in [0.2, 0.25) is 5.02 Å². The van der Waals surface area contributed by atoms with Crippen molar-refractivity contribution in [3.05, 3.63) is 53.1 Å². The van der Waals surface area contributed by atoms with Crippen LogP contribution in [0.1, 0.15) is 5.56 Å². The summed E-state index contributed by atoms with van der Waals surface area (Å²) in [5, 5.41) is 1.43. The van der Waals surface area contributed by atoms with Gasteiger partial charge >= 0.3 is 0 Å². The Hall–Kier alpha value is -1.31. The molecule has 0 fully saturated rings. The smallest absolute Gasteiger partial charge is 0.233 e. The number of aromatic nitrogens is 1. The number of hydrogen-bond acceptors (Lipinski definition) is 5. The summed E-state index contributed by atoms with van der Waals surface area (Å²) >= 11 is 9.22. The average molecular weight is 456 g/mol. The lowest BCUT2D eigenvalue weighted by atomic mass is 10.1. The second-order valence-corrected chi connectivity index (χ2v) is 8.81. The van der Waals surface area contributed by atoms with E-state index in [0.29, 0.717) is 18.0 Å². The number of halogens is 2. The lowest BCUT2D eigenvalue weighted by Gasteiger charge is -2.22. The molecule has 4 nitrogen and oxygen atoms in total. The van der Waals surface area contributed by atoms with Gasteiger partial charge in [-0.05, 0) is 56.2 Å². The third kappa shape index (κ3) is 5.84. The molecule has 150 valence electrons. The lowest BCUT2D eigenvalue weighted by molar-refractivity contribution is -0.118. The van der Waals surface area contributed by atoms with Gasteiger partial charge < -0.3 is 4.90 Å². The number of thiazole rings is 1. The van der Waals surface area contributed by atoms with Crippen molar-refractivity contribution in [3.63, 3.8) is 0 Å². The van der Waals surface area contributed by atoms with E-state index in [1.54, 1.807) is 28.0 Å². The minimum absolute atomic E-state index is 0. The number of hydrogen-bond donors (Lipinski definition) is 0. The maximum Gasteiger partial charge on any atom is 0.233 e. The maximum atomic E-state index is 13.0. The van der Waals surface area contributed by atoms with Crippen LogP contribution in [0.15, 0.2) is 47.4 Å². The van der Waals surface area contributed by atoms with E-state index in [1.165, 1.54) is 4.90 Å². The van der Waals surface area contributed by atoms with E-state index < -0.39 is 0 Å². The number of anilines is 1. The summed E-state index contributed by atoms with van der Waals surface area (Å²) in [6.07, 6.45) is 2.39. The second-order valence-electron chi connectivity index (χ2n) is 6.48. The van der Waals surface area contributed by atoms with Gasteiger partial charge in [-0.2, -0.15) is 0 Å². The van der Waals surface area contributed by atoms with Crippen LogP contribution in [0.25, 0.3) is 10.2 Å². The number of amides is 1. The fourth-order valence-corrected chi connectivity index (χ4v) is 4.32. The number of likely N-dealkylation sites (N-methyl/N-ethyl adjacent to an activating group) is 1. The molecule has 1 aromatic heterocycles. The zero-order valence-corrected chi connectivity index (χ0v) is 19.2. The van der Waals surface area contributed by atoms with E-state index in [1.807, 2.05) is 44.4 Å². The van der Waals surface area contributed by atoms with E-state index >= 15 is 0 Å². The molecule has 1 heterocycles. The highest BCUT2D eigenvalue weighted by atomic mass is 35.5. The molecule has 0 aliphatic carbocycles. The molecule has 3 aromatic rings. The monoisotopic (exact) mass is 455 g/mol. The van der Waals surface area contributed by atoms with Crippen molar-refractivity contribution < 1.29 is 4.79 Å². The van der Waals surface area contributed by atoms with Gasteiger partial charge in [-0.25, -0.2) is 4.98 Å². The van der Waals surface area contributed by atoms with Crippen LogP contribution in [0, 0.1) is 0 Å². The molecule has 0 saturated carbocycles. The van der Waals surface area contributed by atoms with Gasteiger partial charge in [-0.1, -0.05) is 35.1 Å². The van der Waals surface area contributed by atoms with Gasteiger partial charge in [0.15, 0.2) is 5.13 Å². The first kappa shape index (κ1) is 23.0. The average Bonchev–Trinajstić information content (AvgIpc) is 3.06. The first-order chi connectivity index (χ1) is 13.0. The first-order valence-electron chi connectivity index (χ1n) is 8.60. The van der Waals surface area contributed by atoms with Crippen molar-refractivity contribution in [2.75, 3.05) is 38.3 Å². The van der Waals surface area contributed by atoms with E-state index in [4.69, 9.17) is 16.6 Å². The van der Waals surface area contributed by atoms with Crippen molar-refractivity contribution in [1.29, 1.82) is 0 Å². The Balaban J connectivity index is 0.00000280. The molecule has 28 heavy (non-hydrogen) atoms. The Morgan fingerprint density at radius 3 is 2.50 bits per heavy atom. The lowest BCUT2D eigenvalue weighted by Crippen LogP contribution is -2.37. The summed E-state index contributed by atoms with van der Waals surface area (Å²) in [5.41, 5.74) is 1.88. The molecule has 3 rings (SSSR count). The van der Waals surface area contributed by atoms with Gasteiger partial charge in [-0.3, -0.25) is 9.69 Å². The topological polar surface area (TPSA) is 36.4 Å². The number of benzene rings is 2. The van der Waals surface area contributed by atoms with Gasteiger partial charge in [0.25, 0.3) is 0 Å². The maximum absolute atomic E-state index is 13.0. The molecular weight excluding hydrogens is 433 g/mol. The number of fused-ring (bicyclic) bond motifs is 1. The van der Waals surface area contributed by atoms with Crippen molar-refractivity contribution in [1.82, 2.24) is 9.88 Å². The zero-order valence-electron chi connectivity index (χ0n) is 16.0. The zero-order chi connectivity index (χ0) is 19.4. The molecule has 0 N–H and O–H groups in total. The minimum Gasteiger partial charge on any atom is -0.308 e. The normalized spacial score (nSPS) is 10.9. The summed E-state index contributed by atoms with van der Waals surface area (Å²) < 4.78 is 1.10. The molecule has 0 radical (unpaired) electrons. The van der Waals surface area contributed by atoms with E-state index in [-0.39, 0.29) is 18.3 Å². The third-order valence-electron chi connectivity index (χ3n) is 4.16. The van der Waals surface area contributed by atoms with Crippen molar-refractivity contribution >= 4 is 68.4 Å². The van der Waals surface area contributed by atoms with Crippen LogP contribution < -0.4 is 4.90 Å². The SMILES string of the molecule is CSc1ccc2nc(N(CCN(C)C)C(=O)Cc3ccc(Cl)cc3)sc2c1.Cl. The van der Waals surface area contributed by atoms with Crippen molar-refractivity contribution in [2.45, 2.75) is 11.3 Å². The number of thioether (sulfide) groups is 1. The highest BCUT2D eigenvalue weighted by Crippen LogP contribution is 2.32. The molecule has 0 atom stereocenters. The molecule has 0 saturated heterocycles. The second kappa shape index (κ2) is 10.5. The molecule has 0 spiro atoms. The van der Waals surface area contributed by atoms with E-state index in [2.05, 4.69) is 23.3 Å². The molecular formula is C20H23Cl2N3OS2. The molecule has 0 aliphatic heterocycles. The van der Waals surface area contributed by atoms with Crippen LogP contribution >= 0.6 is 47.1 Å². The molecule has 2 aromatic carbocycles. The van der Waals surface area contributed by atoms with E-state index in [9.17, 15) is 4.79 Å². The molecule has 1 amide bonds. The Bertz CT molecular complexity index is 929. The van der Waals surface area contributed by atoms with E-state index in [0.717, 1.165) is 27.5 Å². The Morgan fingerprint density at radius 2 is 1.86 bits per heavy atom. The summed E-state index contributed by atoms with van der Waals surface area (Å²) in [4.78, 5) is 22.8. The van der Waals surface area contributed by atoms with Crippen LogP contribution in [0.3, 0.4) is 0 Å². The summed E-state index contributed by atoms with van der Waals surface area (Å²) in [6, 6.07) is 13.6. The quantitative estimate of drug-likeness (QED) is 0.456. The third-order valence-corrected chi connectivity index (χ3v) is 6.17. The van der Waals surface area contributed by atoms with Crippen molar-refractivity contribution in [3.8, 4) is 0 Å². The Kier molecular flexibility index (Phi) is 8.58. The van der Waals surface area contributed by atoms with Crippen LogP contribution in [0.4, 0.5) is 5.13 Å². The number of nitrogens with zero attached hydrogens (tertiary/aromatic N) is 3. The predicted molar refractivity (Wildman–Crippen MR) is 125 cm³/mol. The minimum atomic E-state index is 0. The largest absolute Gasteiger partial charge is 0.308 e. The van der Waals surface area contributed by atoms with Gasteiger partial charge in [0, 0.05) is 23.0 Å². The predicted octanol–water partition coefficient (Wildman–Crippen LogP) is 5.23. The Morgan fingerprint density at radius 1 is 1.14 bits per heavy atom. The van der Waals surface area contributed by atoms with Crippen molar-refractivity contribution in [2.24, 2.45) is 0 Å². The van der Waals surface area contributed by atoms with Gasteiger partial charge in [0.05, 0.1) is 16.6 Å². The molecule has 0 aliphatic rings. The molecule has 8 heteroatoms. The fraction of sp³-hybridized carbons (Fsp3) is 0.300. The van der Waals surface area contributed by atoms with Crippen LogP contribution in [0.5, 0.6) is 0 Å². The number of carbonyl (C=O) groups excluding carboxylic acids is 1. The summed E-state index contributed by atoms with van der Waals surface area (Å²) in [6.45, 7) is 1.38. The summed E-state index contributed by atoms with van der Waals surface area (Å²) in [7, 11) is 4.01. The molecule has 0 unspecified atom stereocenters. The van der Waals surface area contributed by atoms with Gasteiger partial charge in [0.2, 0.25) is 5.91 Å².